The Bertz CT molecular complexity index is 312. The van der Waals surface area contributed by atoms with Crippen LogP contribution < -0.4 is 0 Å². The van der Waals surface area contributed by atoms with Crippen LogP contribution in [0.5, 0.6) is 0 Å². The van der Waals surface area contributed by atoms with Gasteiger partial charge in [-0.25, -0.2) is 4.79 Å². The number of unbranched alkanes of at least 4 members (excludes halogenated alkanes) is 4. The maximum atomic E-state index is 11.3. The normalized spacial score (nSPS) is 18.0. The number of carbonyl (C=O) groups is 2. The summed E-state index contributed by atoms with van der Waals surface area (Å²) in [5.41, 5.74) is 0. The zero-order valence-electron chi connectivity index (χ0n) is 13.5. The molecule has 0 amide bonds. The lowest BCUT2D eigenvalue weighted by Gasteiger charge is -2.22. The Labute approximate surface area is 132 Å². The third-order valence-corrected chi connectivity index (χ3v) is 3.43. The van der Waals surface area contributed by atoms with Crippen molar-refractivity contribution >= 4 is 12.1 Å². The van der Waals surface area contributed by atoms with Crippen molar-refractivity contribution in [2.75, 3.05) is 19.8 Å². The first kappa shape index (κ1) is 18.9. The van der Waals surface area contributed by atoms with Gasteiger partial charge in [-0.2, -0.15) is 0 Å². The Morgan fingerprint density at radius 3 is 2.59 bits per heavy atom. The molecule has 0 aromatic carbocycles. The van der Waals surface area contributed by atoms with E-state index in [0.717, 1.165) is 58.2 Å². The third kappa shape index (κ3) is 9.73. The summed E-state index contributed by atoms with van der Waals surface area (Å²) in [4.78, 5) is 22.2. The van der Waals surface area contributed by atoms with Crippen LogP contribution in [0.25, 0.3) is 0 Å². The Hall–Kier alpha value is -1.14. The van der Waals surface area contributed by atoms with Gasteiger partial charge in [0, 0.05) is 19.6 Å². The standard InChI is InChI=1S/C16H28O6/c1-2-19-16(18)22-14(17)10-6-4-3-5-8-12-20-15-11-7-9-13-21-15/h15H,2-13H2,1H3. The summed E-state index contributed by atoms with van der Waals surface area (Å²) < 4.78 is 20.1. The van der Waals surface area contributed by atoms with E-state index in [2.05, 4.69) is 9.47 Å². The molecule has 1 unspecified atom stereocenters. The predicted molar refractivity (Wildman–Crippen MR) is 80.4 cm³/mol. The van der Waals surface area contributed by atoms with E-state index in [1.807, 2.05) is 0 Å². The first-order valence-corrected chi connectivity index (χ1v) is 8.33. The molecule has 0 radical (unpaired) electrons. The summed E-state index contributed by atoms with van der Waals surface area (Å²) >= 11 is 0. The van der Waals surface area contributed by atoms with Gasteiger partial charge in [0.25, 0.3) is 0 Å². The van der Waals surface area contributed by atoms with Gasteiger partial charge in [0.2, 0.25) is 0 Å². The molecule has 128 valence electrons. The molecule has 0 N–H and O–H groups in total. The molecule has 1 aliphatic rings. The van der Waals surface area contributed by atoms with Gasteiger partial charge < -0.3 is 18.9 Å². The molecule has 1 heterocycles. The van der Waals surface area contributed by atoms with Crippen molar-refractivity contribution in [1.29, 1.82) is 0 Å². The van der Waals surface area contributed by atoms with Crippen molar-refractivity contribution in [1.82, 2.24) is 0 Å². The topological polar surface area (TPSA) is 71.1 Å². The van der Waals surface area contributed by atoms with Crippen LogP contribution in [0.4, 0.5) is 4.79 Å². The van der Waals surface area contributed by atoms with E-state index in [1.54, 1.807) is 6.92 Å². The van der Waals surface area contributed by atoms with Crippen molar-refractivity contribution in [3.05, 3.63) is 0 Å². The van der Waals surface area contributed by atoms with Crippen LogP contribution >= 0.6 is 0 Å². The zero-order chi connectivity index (χ0) is 16.0. The van der Waals surface area contributed by atoms with Gasteiger partial charge in [-0.15, -0.1) is 0 Å². The van der Waals surface area contributed by atoms with Crippen LogP contribution in [-0.4, -0.2) is 38.2 Å². The fourth-order valence-corrected chi connectivity index (χ4v) is 2.25. The summed E-state index contributed by atoms with van der Waals surface area (Å²) in [5, 5.41) is 0. The number of ether oxygens (including phenoxy) is 4. The smallest absolute Gasteiger partial charge is 0.434 e. The van der Waals surface area contributed by atoms with Gasteiger partial charge in [-0.1, -0.05) is 19.3 Å². The highest BCUT2D eigenvalue weighted by Crippen LogP contribution is 2.14. The summed E-state index contributed by atoms with van der Waals surface area (Å²) in [6, 6.07) is 0. The molecule has 1 fully saturated rings. The largest absolute Gasteiger partial charge is 0.516 e. The fraction of sp³-hybridized carbons (Fsp3) is 0.875. The molecule has 1 aliphatic heterocycles. The van der Waals surface area contributed by atoms with Gasteiger partial charge in [0.15, 0.2) is 6.29 Å². The summed E-state index contributed by atoms with van der Waals surface area (Å²) in [6.07, 6.45) is 7.46. The molecule has 6 heteroatoms. The SMILES string of the molecule is CCOC(=O)OC(=O)CCCCCCCOC1CCCCO1. The lowest BCUT2D eigenvalue weighted by molar-refractivity contribution is -0.162. The van der Waals surface area contributed by atoms with Crippen LogP contribution in [0, 0.1) is 0 Å². The lowest BCUT2D eigenvalue weighted by Crippen LogP contribution is -2.22. The molecular formula is C16H28O6. The average molecular weight is 316 g/mol. The number of carbonyl (C=O) groups excluding carboxylic acids is 2. The second kappa shape index (κ2) is 12.4. The van der Waals surface area contributed by atoms with Crippen LogP contribution in [0.3, 0.4) is 0 Å². The first-order chi connectivity index (χ1) is 10.7. The van der Waals surface area contributed by atoms with Gasteiger partial charge in [-0.3, -0.25) is 4.79 Å². The minimum absolute atomic E-state index is 0.00797. The predicted octanol–water partition coefficient (Wildman–Crippen LogP) is 3.57. The highest BCUT2D eigenvalue weighted by Gasteiger charge is 2.13. The molecule has 0 aliphatic carbocycles. The molecule has 0 bridgehead atoms. The van der Waals surface area contributed by atoms with Crippen molar-refractivity contribution in [2.24, 2.45) is 0 Å². The Balaban J connectivity index is 1.84. The van der Waals surface area contributed by atoms with E-state index in [0.29, 0.717) is 0 Å². The average Bonchev–Trinajstić information content (AvgIpc) is 2.51. The molecule has 6 nitrogen and oxygen atoms in total. The highest BCUT2D eigenvalue weighted by atomic mass is 16.7. The summed E-state index contributed by atoms with van der Waals surface area (Å²) in [7, 11) is 0. The van der Waals surface area contributed by atoms with E-state index >= 15 is 0 Å². The fourth-order valence-electron chi connectivity index (χ4n) is 2.25. The Morgan fingerprint density at radius 1 is 1.09 bits per heavy atom. The van der Waals surface area contributed by atoms with Gasteiger partial charge >= 0.3 is 12.1 Å². The highest BCUT2D eigenvalue weighted by molar-refractivity contribution is 5.81. The van der Waals surface area contributed by atoms with Gasteiger partial charge in [0.05, 0.1) is 6.61 Å². The summed E-state index contributed by atoms with van der Waals surface area (Å²) in [5.74, 6) is -0.517. The monoisotopic (exact) mass is 316 g/mol. The minimum Gasteiger partial charge on any atom is -0.434 e. The van der Waals surface area contributed by atoms with E-state index < -0.39 is 12.1 Å². The lowest BCUT2D eigenvalue weighted by atomic mass is 10.1. The van der Waals surface area contributed by atoms with Crippen LogP contribution in [0.2, 0.25) is 0 Å². The van der Waals surface area contributed by atoms with E-state index in [4.69, 9.17) is 9.47 Å². The van der Waals surface area contributed by atoms with Crippen LogP contribution in [-0.2, 0) is 23.7 Å². The minimum atomic E-state index is -0.908. The van der Waals surface area contributed by atoms with Crippen molar-refractivity contribution in [3.63, 3.8) is 0 Å². The molecule has 1 saturated heterocycles. The first-order valence-electron chi connectivity index (χ1n) is 8.33. The number of rotatable bonds is 10. The quantitative estimate of drug-likeness (QED) is 0.348. The van der Waals surface area contributed by atoms with Crippen molar-refractivity contribution < 1.29 is 28.5 Å². The molecular weight excluding hydrogens is 288 g/mol. The number of hydrogen-bond acceptors (Lipinski definition) is 6. The second-order valence-electron chi connectivity index (χ2n) is 5.34. The molecule has 0 aromatic rings. The molecule has 0 saturated carbocycles. The molecule has 0 spiro atoms. The van der Waals surface area contributed by atoms with Gasteiger partial charge in [0.1, 0.15) is 0 Å². The van der Waals surface area contributed by atoms with E-state index in [-0.39, 0.29) is 19.3 Å². The van der Waals surface area contributed by atoms with E-state index in [9.17, 15) is 9.59 Å². The maximum absolute atomic E-state index is 11.3. The number of hydrogen-bond donors (Lipinski definition) is 0. The molecule has 0 aromatic heterocycles. The van der Waals surface area contributed by atoms with Crippen LogP contribution in [0.15, 0.2) is 0 Å². The van der Waals surface area contributed by atoms with Crippen LogP contribution in [0.1, 0.15) is 64.7 Å². The second-order valence-corrected chi connectivity index (χ2v) is 5.34. The molecule has 22 heavy (non-hydrogen) atoms. The third-order valence-electron chi connectivity index (χ3n) is 3.43. The maximum Gasteiger partial charge on any atom is 0.516 e. The van der Waals surface area contributed by atoms with Gasteiger partial charge in [-0.05, 0) is 39.0 Å². The van der Waals surface area contributed by atoms with Crippen molar-refractivity contribution in [2.45, 2.75) is 71.0 Å². The Kier molecular flexibility index (Phi) is 10.7. The Morgan fingerprint density at radius 2 is 1.86 bits per heavy atom. The number of esters is 1. The summed E-state index contributed by atoms with van der Waals surface area (Å²) in [6.45, 7) is 3.41. The molecule has 1 atom stereocenters. The van der Waals surface area contributed by atoms with Crippen molar-refractivity contribution in [3.8, 4) is 0 Å². The van der Waals surface area contributed by atoms with E-state index in [1.165, 1.54) is 6.42 Å². The molecule has 1 rings (SSSR count). The zero-order valence-corrected chi connectivity index (χ0v) is 13.5.